The molecule has 15 heteroatoms. The zero-order valence-electron chi connectivity index (χ0n) is 36.9. The maximum Gasteiger partial charge on any atom is 0.472 e. The minimum absolute atomic E-state index is 0.0132. The SMILES string of the molecule is CC/C=C\C/C=C\C/C=C\C/C=C\C/C=C\C/C=C\CCC(=O)OC[C@H](COP(=O)(O)OC[C@H](N)C(=O)O)OC(=O)CCC[C@@H](O)[C@H](O)\C=C/C=C\C=C\C=C\[C@@H](O)C/C=C\CC. The van der Waals surface area contributed by atoms with Gasteiger partial charge in [-0.25, -0.2) is 4.57 Å². The molecule has 63 heavy (non-hydrogen) atoms. The Morgan fingerprint density at radius 2 is 1.11 bits per heavy atom. The number of carboxylic acid groups (broad SMARTS) is 1. The van der Waals surface area contributed by atoms with E-state index in [1.807, 2.05) is 37.3 Å². The molecule has 0 spiro atoms. The molecule has 14 nitrogen and oxygen atoms in total. The maximum atomic E-state index is 12.7. The van der Waals surface area contributed by atoms with Gasteiger partial charge in [-0.15, -0.1) is 0 Å². The highest BCUT2D eigenvalue weighted by molar-refractivity contribution is 7.47. The summed E-state index contributed by atoms with van der Waals surface area (Å²) in [7, 11) is -4.84. The van der Waals surface area contributed by atoms with Gasteiger partial charge in [-0.1, -0.05) is 148 Å². The smallest absolute Gasteiger partial charge is 0.472 e. The number of phosphoric acid groups is 1. The number of hydrogen-bond acceptors (Lipinski definition) is 12. The molecule has 0 rings (SSSR count). The van der Waals surface area contributed by atoms with E-state index >= 15 is 0 Å². The van der Waals surface area contributed by atoms with Crippen LogP contribution in [0.15, 0.2) is 134 Å². The summed E-state index contributed by atoms with van der Waals surface area (Å²) in [6, 6.07) is -1.60. The number of aliphatic carboxylic acids is 1. The van der Waals surface area contributed by atoms with Gasteiger partial charge in [-0.2, -0.15) is 0 Å². The fraction of sp³-hybridized carbons (Fsp3) is 0.479. The Balaban J connectivity index is 4.84. The molecule has 0 amide bonds. The van der Waals surface area contributed by atoms with Crippen LogP contribution in [0.2, 0.25) is 0 Å². The van der Waals surface area contributed by atoms with Crippen LogP contribution in [0.25, 0.3) is 0 Å². The van der Waals surface area contributed by atoms with Crippen LogP contribution in [0.1, 0.15) is 97.3 Å². The summed E-state index contributed by atoms with van der Waals surface area (Å²) in [6.45, 7) is 2.03. The molecular formula is C48H72NO13P. The molecule has 6 atom stereocenters. The van der Waals surface area contributed by atoms with Crippen molar-refractivity contribution in [2.24, 2.45) is 5.73 Å². The van der Waals surface area contributed by atoms with Crippen molar-refractivity contribution in [2.75, 3.05) is 19.8 Å². The van der Waals surface area contributed by atoms with Crippen molar-refractivity contribution < 1.29 is 62.8 Å². The van der Waals surface area contributed by atoms with Crippen molar-refractivity contribution in [1.82, 2.24) is 0 Å². The average Bonchev–Trinajstić information content (AvgIpc) is 3.25. The molecule has 0 aromatic rings. The topological polar surface area (TPSA) is 232 Å². The second-order valence-corrected chi connectivity index (χ2v) is 15.4. The molecule has 0 saturated heterocycles. The minimum Gasteiger partial charge on any atom is -0.480 e. The van der Waals surface area contributed by atoms with Gasteiger partial charge < -0.3 is 40.5 Å². The van der Waals surface area contributed by atoms with E-state index in [-0.39, 0.29) is 25.7 Å². The van der Waals surface area contributed by atoms with Crippen LogP contribution in [-0.4, -0.2) is 93.5 Å². The van der Waals surface area contributed by atoms with Gasteiger partial charge in [0.05, 0.1) is 31.5 Å². The number of hydrogen-bond donors (Lipinski definition) is 6. The first kappa shape index (κ1) is 58.5. The molecule has 0 aromatic carbocycles. The number of rotatable bonds is 37. The highest BCUT2D eigenvalue weighted by atomic mass is 31.2. The fourth-order valence-corrected chi connectivity index (χ4v) is 5.56. The first-order chi connectivity index (χ1) is 30.3. The van der Waals surface area contributed by atoms with Crippen LogP contribution in [0, 0.1) is 0 Å². The molecule has 0 aliphatic carbocycles. The van der Waals surface area contributed by atoms with E-state index in [0.29, 0.717) is 19.3 Å². The van der Waals surface area contributed by atoms with Crippen molar-refractivity contribution in [3.05, 3.63) is 134 Å². The number of carbonyl (C=O) groups excluding carboxylic acids is 2. The number of nitrogens with two attached hydrogens (primary N) is 1. The number of carboxylic acids is 1. The zero-order valence-corrected chi connectivity index (χ0v) is 37.8. The standard InChI is InChI=1S/C48H72NO13P/c1-3-5-7-8-9-10-11-12-13-14-15-16-17-18-19-20-21-26-30-36-46(53)59-38-42(39-60-63(57,58)61-40-43(49)48(55)56)62-47(54)37-31-35-45(52)44(51)34-29-25-23-22-24-28-33-41(50)32-27-6-4-2/h5-7,9-10,12-13,15-16,18-19,21-29,33-34,41-45,50-52H,3-4,8,11,14,17,20,30-32,35-40,49H2,1-2H3,(H,55,56)(H,57,58)/b7-5-,10-9-,13-12-,16-15-,19-18-,24-22+,25-23-,26-21-,27-6-,33-28+,34-29-/t41-,42+,43-,44+,45+/m0/s1. The Bertz CT molecular complexity index is 1620. The van der Waals surface area contributed by atoms with Gasteiger partial charge in [-0.05, 0) is 70.6 Å². The van der Waals surface area contributed by atoms with E-state index in [0.717, 1.165) is 38.5 Å². The first-order valence-electron chi connectivity index (χ1n) is 21.5. The quantitative estimate of drug-likeness (QED) is 0.0149. The summed E-state index contributed by atoms with van der Waals surface area (Å²) in [5, 5.41) is 39.3. The molecule has 0 radical (unpaired) electrons. The Morgan fingerprint density at radius 3 is 1.67 bits per heavy atom. The summed E-state index contributed by atoms with van der Waals surface area (Å²) in [6.07, 6.45) is 44.8. The van der Waals surface area contributed by atoms with Gasteiger partial charge in [0, 0.05) is 12.8 Å². The normalized spacial score (nSPS) is 16.4. The molecule has 0 aliphatic rings. The number of phosphoric ester groups is 1. The van der Waals surface area contributed by atoms with E-state index in [1.165, 1.54) is 6.08 Å². The van der Waals surface area contributed by atoms with Gasteiger partial charge in [0.1, 0.15) is 12.6 Å². The first-order valence-corrected chi connectivity index (χ1v) is 23.0. The highest BCUT2D eigenvalue weighted by Crippen LogP contribution is 2.43. The predicted octanol–water partition coefficient (Wildman–Crippen LogP) is 8.30. The average molecular weight is 902 g/mol. The van der Waals surface area contributed by atoms with Crippen LogP contribution in [0.5, 0.6) is 0 Å². The lowest BCUT2D eigenvalue weighted by Crippen LogP contribution is -2.34. The van der Waals surface area contributed by atoms with Crippen molar-refractivity contribution in [3.63, 3.8) is 0 Å². The lowest BCUT2D eigenvalue weighted by Gasteiger charge is -2.20. The molecule has 1 unspecified atom stereocenters. The second kappa shape index (κ2) is 40.3. The molecule has 0 aromatic heterocycles. The molecule has 0 saturated carbocycles. The third-order valence-electron chi connectivity index (χ3n) is 8.25. The number of aliphatic hydroxyl groups is 3. The number of aliphatic hydroxyl groups excluding tert-OH is 3. The Hall–Kier alpha value is -4.50. The van der Waals surface area contributed by atoms with E-state index < -0.39 is 76.0 Å². The predicted molar refractivity (Wildman–Crippen MR) is 248 cm³/mol. The Morgan fingerprint density at radius 1 is 0.619 bits per heavy atom. The van der Waals surface area contributed by atoms with Crippen molar-refractivity contribution >= 4 is 25.7 Å². The van der Waals surface area contributed by atoms with E-state index in [1.54, 1.807) is 42.5 Å². The lowest BCUT2D eigenvalue weighted by atomic mass is 10.1. The summed E-state index contributed by atoms with van der Waals surface area (Å²) < 4.78 is 32.3. The van der Waals surface area contributed by atoms with Crippen LogP contribution < -0.4 is 5.73 Å². The minimum atomic E-state index is -4.84. The van der Waals surface area contributed by atoms with Gasteiger partial charge in [0.25, 0.3) is 0 Å². The number of allylic oxidation sites excluding steroid dienone is 19. The molecule has 0 bridgehead atoms. The summed E-state index contributed by atoms with van der Waals surface area (Å²) in [5.41, 5.74) is 5.30. The summed E-state index contributed by atoms with van der Waals surface area (Å²) in [4.78, 5) is 46.0. The largest absolute Gasteiger partial charge is 0.480 e. The fourth-order valence-electron chi connectivity index (χ4n) is 4.78. The van der Waals surface area contributed by atoms with Crippen LogP contribution in [-0.2, 0) is 37.5 Å². The lowest BCUT2D eigenvalue weighted by molar-refractivity contribution is -0.161. The molecule has 352 valence electrons. The van der Waals surface area contributed by atoms with Gasteiger partial charge in [-0.3, -0.25) is 23.4 Å². The molecule has 0 aliphatic heterocycles. The third kappa shape index (κ3) is 38.9. The van der Waals surface area contributed by atoms with Gasteiger partial charge in [0.2, 0.25) is 0 Å². The van der Waals surface area contributed by atoms with Crippen molar-refractivity contribution in [2.45, 2.75) is 128 Å². The number of esters is 2. The van der Waals surface area contributed by atoms with Crippen LogP contribution in [0.3, 0.4) is 0 Å². The van der Waals surface area contributed by atoms with Crippen molar-refractivity contribution in [3.8, 4) is 0 Å². The van der Waals surface area contributed by atoms with Crippen molar-refractivity contribution in [1.29, 1.82) is 0 Å². The van der Waals surface area contributed by atoms with Crippen LogP contribution >= 0.6 is 7.82 Å². The third-order valence-corrected chi connectivity index (χ3v) is 9.20. The summed E-state index contributed by atoms with van der Waals surface area (Å²) in [5.74, 6) is -2.89. The monoisotopic (exact) mass is 901 g/mol. The molecular weight excluding hydrogens is 829 g/mol. The van der Waals surface area contributed by atoms with E-state index in [4.69, 9.17) is 24.8 Å². The summed E-state index contributed by atoms with van der Waals surface area (Å²) >= 11 is 0. The zero-order chi connectivity index (χ0) is 46.8. The Labute approximate surface area is 374 Å². The molecule has 7 N–H and O–H groups in total. The van der Waals surface area contributed by atoms with E-state index in [2.05, 4.69) is 66.1 Å². The van der Waals surface area contributed by atoms with Gasteiger partial charge in [0.15, 0.2) is 6.10 Å². The number of carbonyl (C=O) groups is 3. The maximum absolute atomic E-state index is 12.7. The van der Waals surface area contributed by atoms with E-state index in [9.17, 15) is 39.2 Å². The molecule has 0 fully saturated rings. The Kier molecular flexibility index (Phi) is 37.4. The number of ether oxygens (including phenoxy) is 2. The van der Waals surface area contributed by atoms with Gasteiger partial charge >= 0.3 is 25.7 Å². The molecule has 0 heterocycles. The van der Waals surface area contributed by atoms with Crippen LogP contribution in [0.4, 0.5) is 0 Å². The second-order valence-electron chi connectivity index (χ2n) is 13.9. The highest BCUT2D eigenvalue weighted by Gasteiger charge is 2.28.